The summed E-state index contributed by atoms with van der Waals surface area (Å²) in [4.78, 5) is 12.2. The summed E-state index contributed by atoms with van der Waals surface area (Å²) in [6.45, 7) is 10.0. The highest BCUT2D eigenvalue weighted by Gasteiger charge is 2.22. The average Bonchev–Trinajstić information content (AvgIpc) is 2.66. The molecule has 1 atom stereocenters. The lowest BCUT2D eigenvalue weighted by Gasteiger charge is -2.20. The Labute approximate surface area is 103 Å². The molecule has 0 aliphatic rings. The van der Waals surface area contributed by atoms with Gasteiger partial charge in [-0.2, -0.15) is 0 Å². The molecule has 96 valence electrons. The first-order valence-electron chi connectivity index (χ1n) is 6.27. The third kappa shape index (κ3) is 3.08. The Hall–Kier alpha value is -1.32. The molecule has 0 radical (unpaired) electrons. The zero-order valence-corrected chi connectivity index (χ0v) is 11.3. The van der Waals surface area contributed by atoms with Gasteiger partial charge >= 0.3 is 0 Å². The largest absolute Gasteiger partial charge is 0.361 e. The number of carbonyl (C=O) groups excluding carboxylic acids is 1. The lowest BCUT2D eigenvalue weighted by molar-refractivity contribution is 0.0922. The van der Waals surface area contributed by atoms with Gasteiger partial charge in [-0.3, -0.25) is 4.79 Å². The predicted octanol–water partition coefficient (Wildman–Crippen LogP) is 2.71. The maximum Gasteiger partial charge on any atom is 0.257 e. The molecular formula is C13H22N2O2. The molecule has 17 heavy (non-hydrogen) atoms. The summed E-state index contributed by atoms with van der Waals surface area (Å²) < 4.78 is 5.07. The summed E-state index contributed by atoms with van der Waals surface area (Å²) in [6, 6.07) is 0.196. The number of hydrogen-bond donors (Lipinski definition) is 1. The smallest absolute Gasteiger partial charge is 0.257 e. The predicted molar refractivity (Wildman–Crippen MR) is 67.0 cm³/mol. The molecule has 4 nitrogen and oxygen atoms in total. The van der Waals surface area contributed by atoms with Crippen molar-refractivity contribution in [3.05, 3.63) is 17.0 Å². The van der Waals surface area contributed by atoms with Gasteiger partial charge in [0.2, 0.25) is 0 Å². The van der Waals surface area contributed by atoms with Crippen LogP contribution in [0.3, 0.4) is 0 Å². The molecule has 0 aliphatic carbocycles. The summed E-state index contributed by atoms with van der Waals surface area (Å²) in [7, 11) is 0. The molecule has 1 rings (SSSR count). The highest BCUT2D eigenvalue weighted by atomic mass is 16.5. The normalized spacial score (nSPS) is 12.8. The van der Waals surface area contributed by atoms with E-state index in [0.717, 1.165) is 12.1 Å². The first-order valence-corrected chi connectivity index (χ1v) is 6.27. The summed E-state index contributed by atoms with van der Waals surface area (Å²) in [5.41, 5.74) is 1.34. The van der Waals surface area contributed by atoms with Crippen molar-refractivity contribution in [2.24, 2.45) is 5.92 Å². The van der Waals surface area contributed by atoms with Gasteiger partial charge in [-0.25, -0.2) is 0 Å². The van der Waals surface area contributed by atoms with Crippen LogP contribution in [0.25, 0.3) is 0 Å². The molecule has 1 N–H and O–H groups in total. The van der Waals surface area contributed by atoms with Crippen molar-refractivity contribution in [1.29, 1.82) is 0 Å². The van der Waals surface area contributed by atoms with Crippen molar-refractivity contribution in [2.75, 3.05) is 0 Å². The van der Waals surface area contributed by atoms with Crippen molar-refractivity contribution in [3.63, 3.8) is 0 Å². The van der Waals surface area contributed by atoms with Crippen LogP contribution >= 0.6 is 0 Å². The third-order valence-corrected chi connectivity index (χ3v) is 3.06. The Morgan fingerprint density at radius 3 is 2.53 bits per heavy atom. The molecule has 0 spiro atoms. The van der Waals surface area contributed by atoms with Gasteiger partial charge in [-0.15, -0.1) is 0 Å². The fourth-order valence-corrected chi connectivity index (χ4v) is 1.93. The van der Waals surface area contributed by atoms with E-state index < -0.39 is 0 Å². The Kier molecular flexibility index (Phi) is 4.73. The van der Waals surface area contributed by atoms with Gasteiger partial charge in [-0.05, 0) is 25.7 Å². The number of aromatic nitrogens is 1. The Bertz CT molecular complexity index is 383. The summed E-state index contributed by atoms with van der Waals surface area (Å²) in [5, 5.41) is 6.94. The number of hydrogen-bond acceptors (Lipinski definition) is 3. The summed E-state index contributed by atoms with van der Waals surface area (Å²) in [6.07, 6.45) is 1.63. The van der Waals surface area contributed by atoms with Crippen molar-refractivity contribution in [1.82, 2.24) is 10.5 Å². The van der Waals surface area contributed by atoms with Crippen molar-refractivity contribution in [3.8, 4) is 0 Å². The van der Waals surface area contributed by atoms with E-state index in [2.05, 4.69) is 31.2 Å². The quantitative estimate of drug-likeness (QED) is 0.858. The number of nitrogens with zero attached hydrogens (tertiary/aromatic N) is 1. The fraction of sp³-hybridized carbons (Fsp3) is 0.692. The van der Waals surface area contributed by atoms with E-state index in [1.165, 1.54) is 0 Å². The van der Waals surface area contributed by atoms with E-state index >= 15 is 0 Å². The average molecular weight is 238 g/mol. The lowest BCUT2D eigenvalue weighted by Crippen LogP contribution is -2.38. The van der Waals surface area contributed by atoms with Gasteiger partial charge in [0.1, 0.15) is 11.3 Å². The monoisotopic (exact) mass is 238 g/mol. The number of rotatable bonds is 5. The van der Waals surface area contributed by atoms with Crippen molar-refractivity contribution >= 4 is 5.91 Å². The van der Waals surface area contributed by atoms with Crippen molar-refractivity contribution < 1.29 is 9.32 Å². The molecule has 1 amide bonds. The Morgan fingerprint density at radius 1 is 1.41 bits per heavy atom. The molecule has 0 saturated heterocycles. The van der Waals surface area contributed by atoms with E-state index in [-0.39, 0.29) is 11.9 Å². The molecule has 0 fully saturated rings. The van der Waals surface area contributed by atoms with Crippen LogP contribution in [0.2, 0.25) is 0 Å². The molecule has 0 aromatic carbocycles. The van der Waals surface area contributed by atoms with E-state index in [0.29, 0.717) is 23.7 Å². The number of amides is 1. The van der Waals surface area contributed by atoms with Crippen LogP contribution < -0.4 is 5.32 Å². The molecule has 0 saturated carbocycles. The van der Waals surface area contributed by atoms with Crippen LogP contribution in [-0.2, 0) is 6.42 Å². The van der Waals surface area contributed by atoms with Crippen LogP contribution in [0.1, 0.15) is 55.9 Å². The van der Waals surface area contributed by atoms with Gasteiger partial charge in [0.05, 0.1) is 5.69 Å². The van der Waals surface area contributed by atoms with E-state index in [9.17, 15) is 4.79 Å². The van der Waals surface area contributed by atoms with Gasteiger partial charge in [-0.1, -0.05) is 32.9 Å². The molecule has 0 aliphatic heterocycles. The van der Waals surface area contributed by atoms with Gasteiger partial charge in [0, 0.05) is 6.04 Å². The molecular weight excluding hydrogens is 216 g/mol. The standard InChI is InChI=1S/C13H22N2O2/c1-6-10(8(3)4)14-13(16)12-9(5)17-15-11(12)7-2/h8,10H,6-7H2,1-5H3,(H,14,16). The summed E-state index contributed by atoms with van der Waals surface area (Å²) >= 11 is 0. The minimum atomic E-state index is -0.0684. The first kappa shape index (κ1) is 13.7. The van der Waals surface area contributed by atoms with Crippen molar-refractivity contribution in [2.45, 2.75) is 53.5 Å². The zero-order valence-electron chi connectivity index (χ0n) is 11.3. The maximum absolute atomic E-state index is 12.2. The van der Waals surface area contributed by atoms with E-state index in [1.807, 2.05) is 6.92 Å². The van der Waals surface area contributed by atoms with Gasteiger partial charge in [0.25, 0.3) is 5.91 Å². The first-order chi connectivity index (χ1) is 8.01. The second kappa shape index (κ2) is 5.84. The number of carbonyl (C=O) groups is 1. The molecule has 0 bridgehead atoms. The zero-order chi connectivity index (χ0) is 13.0. The lowest BCUT2D eigenvalue weighted by atomic mass is 10.0. The van der Waals surface area contributed by atoms with Crippen LogP contribution in [0, 0.1) is 12.8 Å². The fourth-order valence-electron chi connectivity index (χ4n) is 1.93. The van der Waals surface area contributed by atoms with Crippen LogP contribution in [0.4, 0.5) is 0 Å². The van der Waals surface area contributed by atoms with E-state index in [1.54, 1.807) is 6.92 Å². The minimum absolute atomic E-state index is 0.0684. The summed E-state index contributed by atoms with van der Waals surface area (Å²) in [5.74, 6) is 0.952. The second-order valence-electron chi connectivity index (χ2n) is 4.65. The van der Waals surface area contributed by atoms with Gasteiger partial charge < -0.3 is 9.84 Å². The number of aryl methyl sites for hydroxylation is 2. The molecule has 1 unspecified atom stereocenters. The van der Waals surface area contributed by atoms with Crippen LogP contribution in [-0.4, -0.2) is 17.1 Å². The third-order valence-electron chi connectivity index (χ3n) is 3.06. The maximum atomic E-state index is 12.2. The Balaban J connectivity index is 2.85. The Morgan fingerprint density at radius 2 is 2.06 bits per heavy atom. The van der Waals surface area contributed by atoms with E-state index in [4.69, 9.17) is 4.52 Å². The van der Waals surface area contributed by atoms with Crippen LogP contribution in [0.15, 0.2) is 4.52 Å². The van der Waals surface area contributed by atoms with Gasteiger partial charge in [0.15, 0.2) is 0 Å². The minimum Gasteiger partial charge on any atom is -0.361 e. The highest BCUT2D eigenvalue weighted by molar-refractivity contribution is 5.96. The SMILES string of the molecule is CCc1noc(C)c1C(=O)NC(CC)C(C)C. The molecule has 4 heteroatoms. The second-order valence-corrected chi connectivity index (χ2v) is 4.65. The topological polar surface area (TPSA) is 55.1 Å². The molecule has 1 heterocycles. The molecule has 1 aromatic heterocycles. The molecule has 1 aromatic rings. The number of nitrogens with one attached hydrogen (secondary N) is 1. The van der Waals surface area contributed by atoms with Crippen LogP contribution in [0.5, 0.6) is 0 Å². The highest BCUT2D eigenvalue weighted by Crippen LogP contribution is 2.15.